The Balaban J connectivity index is 2.44. The van der Waals surface area contributed by atoms with Crippen LogP contribution in [0.5, 0.6) is 0 Å². The van der Waals surface area contributed by atoms with E-state index in [1.54, 1.807) is 12.1 Å². The summed E-state index contributed by atoms with van der Waals surface area (Å²) in [7, 11) is 1.89. The minimum atomic E-state index is -0.244. The van der Waals surface area contributed by atoms with Gasteiger partial charge in [-0.2, -0.15) is 0 Å². The van der Waals surface area contributed by atoms with Gasteiger partial charge in [-0.1, -0.05) is 0 Å². The molecule has 15 heavy (non-hydrogen) atoms. The van der Waals surface area contributed by atoms with E-state index in [-0.39, 0.29) is 5.82 Å². The van der Waals surface area contributed by atoms with Crippen LogP contribution in [-0.2, 0) is 13.6 Å². The molecule has 0 saturated heterocycles. The lowest BCUT2D eigenvalue weighted by Gasteiger charge is -2.00. The van der Waals surface area contributed by atoms with E-state index in [9.17, 15) is 4.39 Å². The summed E-state index contributed by atoms with van der Waals surface area (Å²) in [6, 6.07) is 6.26. The fourth-order valence-electron chi connectivity index (χ4n) is 1.49. The van der Waals surface area contributed by atoms with Crippen molar-refractivity contribution in [2.24, 2.45) is 12.8 Å². The van der Waals surface area contributed by atoms with E-state index < -0.39 is 0 Å². The van der Waals surface area contributed by atoms with Gasteiger partial charge in [-0.05, 0) is 24.3 Å². The average Bonchev–Trinajstić information content (AvgIpc) is 2.61. The van der Waals surface area contributed by atoms with Crippen molar-refractivity contribution < 1.29 is 4.39 Å². The molecule has 2 N–H and O–H groups in total. The molecule has 0 aliphatic carbocycles. The number of rotatable bonds is 2. The maximum absolute atomic E-state index is 12.7. The van der Waals surface area contributed by atoms with Gasteiger partial charge in [-0.25, -0.2) is 9.37 Å². The Kier molecular flexibility index (Phi) is 2.51. The molecule has 4 heteroatoms. The monoisotopic (exact) mass is 205 g/mol. The van der Waals surface area contributed by atoms with Crippen molar-refractivity contribution in [3.05, 3.63) is 42.0 Å². The lowest BCUT2D eigenvalue weighted by atomic mass is 10.2. The van der Waals surface area contributed by atoms with Gasteiger partial charge in [0.25, 0.3) is 0 Å². The molecule has 0 fully saturated rings. The molecule has 0 aliphatic rings. The summed E-state index contributed by atoms with van der Waals surface area (Å²) in [4.78, 5) is 4.34. The quantitative estimate of drug-likeness (QED) is 0.810. The van der Waals surface area contributed by atoms with Crippen molar-refractivity contribution >= 4 is 0 Å². The van der Waals surface area contributed by atoms with Crippen molar-refractivity contribution in [3.8, 4) is 11.4 Å². The number of halogens is 1. The first-order valence-corrected chi connectivity index (χ1v) is 4.69. The fourth-order valence-corrected chi connectivity index (χ4v) is 1.49. The van der Waals surface area contributed by atoms with E-state index >= 15 is 0 Å². The maximum Gasteiger partial charge on any atom is 0.140 e. The number of hydrogen-bond acceptors (Lipinski definition) is 2. The summed E-state index contributed by atoms with van der Waals surface area (Å²) >= 11 is 0. The Morgan fingerprint density at radius 3 is 2.53 bits per heavy atom. The summed E-state index contributed by atoms with van der Waals surface area (Å²) in [5, 5.41) is 0. The molecule has 0 radical (unpaired) electrons. The lowest BCUT2D eigenvalue weighted by Crippen LogP contribution is -1.95. The second kappa shape index (κ2) is 3.82. The zero-order valence-electron chi connectivity index (χ0n) is 8.44. The second-order valence-electron chi connectivity index (χ2n) is 3.38. The third kappa shape index (κ3) is 1.89. The van der Waals surface area contributed by atoms with Crippen LogP contribution in [0.4, 0.5) is 4.39 Å². The summed E-state index contributed by atoms with van der Waals surface area (Å²) in [5.41, 5.74) is 7.22. The van der Waals surface area contributed by atoms with E-state index in [1.807, 2.05) is 17.8 Å². The fraction of sp³-hybridized carbons (Fsp3) is 0.182. The molecule has 1 heterocycles. The number of hydrogen-bond donors (Lipinski definition) is 1. The van der Waals surface area contributed by atoms with Crippen LogP contribution in [0.3, 0.4) is 0 Å². The predicted molar refractivity (Wildman–Crippen MR) is 56.5 cm³/mol. The minimum Gasteiger partial charge on any atom is -0.334 e. The predicted octanol–water partition coefficient (Wildman–Crippen LogP) is 1.68. The van der Waals surface area contributed by atoms with Gasteiger partial charge in [0.2, 0.25) is 0 Å². The van der Waals surface area contributed by atoms with Crippen molar-refractivity contribution in [3.63, 3.8) is 0 Å². The Hall–Kier alpha value is -1.68. The molecule has 0 spiro atoms. The van der Waals surface area contributed by atoms with Crippen LogP contribution in [0.1, 0.15) is 5.69 Å². The van der Waals surface area contributed by atoms with Crippen LogP contribution in [-0.4, -0.2) is 9.55 Å². The molecule has 3 nitrogen and oxygen atoms in total. The Morgan fingerprint density at radius 2 is 2.00 bits per heavy atom. The van der Waals surface area contributed by atoms with E-state index in [0.29, 0.717) is 6.54 Å². The van der Waals surface area contributed by atoms with E-state index in [1.165, 1.54) is 12.1 Å². The van der Waals surface area contributed by atoms with Crippen LogP contribution in [0.2, 0.25) is 0 Å². The molecule has 0 bridgehead atoms. The third-order valence-corrected chi connectivity index (χ3v) is 2.24. The minimum absolute atomic E-state index is 0.244. The number of nitrogens with two attached hydrogens (primary N) is 1. The van der Waals surface area contributed by atoms with Gasteiger partial charge in [0.15, 0.2) is 0 Å². The summed E-state index contributed by atoms with van der Waals surface area (Å²) < 4.78 is 14.6. The average molecular weight is 205 g/mol. The normalized spacial score (nSPS) is 10.6. The van der Waals surface area contributed by atoms with Gasteiger partial charge in [0.1, 0.15) is 11.6 Å². The number of benzene rings is 1. The molecule has 1 aromatic carbocycles. The molecule has 78 valence electrons. The molecule has 0 atom stereocenters. The summed E-state index contributed by atoms with van der Waals surface area (Å²) in [6.45, 7) is 0.412. The lowest BCUT2D eigenvalue weighted by molar-refractivity contribution is 0.628. The molecule has 0 aliphatic heterocycles. The van der Waals surface area contributed by atoms with Crippen LogP contribution in [0, 0.1) is 5.82 Å². The molecule has 2 rings (SSSR count). The topological polar surface area (TPSA) is 43.8 Å². The van der Waals surface area contributed by atoms with Crippen molar-refractivity contribution in [2.75, 3.05) is 0 Å². The van der Waals surface area contributed by atoms with E-state index in [0.717, 1.165) is 17.1 Å². The Morgan fingerprint density at radius 1 is 1.33 bits per heavy atom. The molecule has 0 unspecified atom stereocenters. The molecular weight excluding hydrogens is 193 g/mol. The van der Waals surface area contributed by atoms with Gasteiger partial charge < -0.3 is 10.3 Å². The zero-order valence-corrected chi connectivity index (χ0v) is 8.44. The molecule has 0 saturated carbocycles. The molecule has 2 aromatic rings. The van der Waals surface area contributed by atoms with Crippen LogP contribution in [0.25, 0.3) is 11.4 Å². The van der Waals surface area contributed by atoms with Gasteiger partial charge >= 0.3 is 0 Å². The van der Waals surface area contributed by atoms with Gasteiger partial charge in [-0.15, -0.1) is 0 Å². The smallest absolute Gasteiger partial charge is 0.140 e. The van der Waals surface area contributed by atoms with Gasteiger partial charge in [0.05, 0.1) is 5.69 Å². The highest BCUT2D eigenvalue weighted by atomic mass is 19.1. The molecular formula is C11H12FN3. The molecule has 1 aromatic heterocycles. The van der Waals surface area contributed by atoms with E-state index in [2.05, 4.69) is 4.98 Å². The van der Waals surface area contributed by atoms with Gasteiger partial charge in [0, 0.05) is 25.4 Å². The first-order valence-electron chi connectivity index (χ1n) is 4.69. The highest BCUT2D eigenvalue weighted by Crippen LogP contribution is 2.18. The number of aryl methyl sites for hydroxylation is 1. The summed E-state index contributed by atoms with van der Waals surface area (Å²) in [6.07, 6.45) is 1.87. The largest absolute Gasteiger partial charge is 0.334 e. The first-order chi connectivity index (χ1) is 7.20. The second-order valence-corrected chi connectivity index (χ2v) is 3.38. The summed E-state index contributed by atoms with van der Waals surface area (Å²) in [5.74, 6) is 0.558. The van der Waals surface area contributed by atoms with E-state index in [4.69, 9.17) is 5.73 Å². The van der Waals surface area contributed by atoms with Crippen LogP contribution in [0.15, 0.2) is 30.5 Å². The zero-order chi connectivity index (χ0) is 10.8. The van der Waals surface area contributed by atoms with Gasteiger partial charge in [-0.3, -0.25) is 0 Å². The highest BCUT2D eigenvalue weighted by molar-refractivity contribution is 5.55. The van der Waals surface area contributed by atoms with Crippen LogP contribution < -0.4 is 5.73 Å². The Labute approximate surface area is 87.4 Å². The SMILES string of the molecule is Cn1cc(CN)nc1-c1ccc(F)cc1. The Bertz CT molecular complexity index is 459. The third-order valence-electron chi connectivity index (χ3n) is 2.24. The maximum atomic E-state index is 12.7. The van der Waals surface area contributed by atoms with Crippen molar-refractivity contribution in [2.45, 2.75) is 6.54 Å². The molecule has 0 amide bonds. The first kappa shape index (κ1) is 9.86. The van der Waals surface area contributed by atoms with Crippen LogP contribution >= 0.6 is 0 Å². The van der Waals surface area contributed by atoms with Crippen molar-refractivity contribution in [1.29, 1.82) is 0 Å². The van der Waals surface area contributed by atoms with Crippen molar-refractivity contribution in [1.82, 2.24) is 9.55 Å². The standard InChI is InChI=1S/C11H12FN3/c1-15-7-10(6-13)14-11(15)8-2-4-9(12)5-3-8/h2-5,7H,6,13H2,1H3. The number of imidazole rings is 1. The number of aromatic nitrogens is 2. The number of nitrogens with zero attached hydrogens (tertiary/aromatic N) is 2. The highest BCUT2D eigenvalue weighted by Gasteiger charge is 2.06.